The predicted octanol–water partition coefficient (Wildman–Crippen LogP) is 1.40. The molecule has 13 heavy (non-hydrogen) atoms. The van der Waals surface area contributed by atoms with Crippen LogP contribution in [0.1, 0.15) is 39.5 Å². The van der Waals surface area contributed by atoms with Crippen molar-refractivity contribution in [2.75, 3.05) is 0 Å². The molecule has 0 aromatic heterocycles. The van der Waals surface area contributed by atoms with E-state index in [9.17, 15) is 0 Å². The molecule has 0 fully saturated rings. The van der Waals surface area contributed by atoms with Crippen molar-refractivity contribution in [2.45, 2.75) is 39.5 Å². The molecule has 0 spiro atoms. The molecule has 0 N–H and O–H groups in total. The van der Waals surface area contributed by atoms with Gasteiger partial charge in [0, 0.05) is 0 Å². The quantitative estimate of drug-likeness (QED) is 0.429. The van der Waals surface area contributed by atoms with Gasteiger partial charge in [-0.1, -0.05) is 44.1 Å². The van der Waals surface area contributed by atoms with E-state index in [1.807, 2.05) is 0 Å². The third-order valence-corrected chi connectivity index (χ3v) is 1.54. The molecule has 0 heterocycles. The standard InChI is InChI=1S/C8H17.Fe.HO3P/c1-4-6-7-8(3)5-2;;1-4(2)3/h8H,3-7H2,1-2H3;;(H,1,2,3)/q-1;+3;/p-1. The van der Waals surface area contributed by atoms with Crippen LogP contribution in [0, 0.1) is 12.8 Å². The van der Waals surface area contributed by atoms with Crippen LogP contribution in [0.15, 0.2) is 0 Å². The van der Waals surface area contributed by atoms with Crippen molar-refractivity contribution in [2.24, 2.45) is 5.92 Å². The Kier molecular flexibility index (Phi) is 22.2. The Labute approximate surface area is 92.4 Å². The van der Waals surface area contributed by atoms with E-state index in [2.05, 4.69) is 20.8 Å². The fourth-order valence-corrected chi connectivity index (χ4v) is 0.697. The zero-order valence-electron chi connectivity index (χ0n) is 8.14. The van der Waals surface area contributed by atoms with Crippen LogP contribution in [-0.2, 0) is 21.6 Å². The molecule has 1 radical (unpaired) electrons. The van der Waals surface area contributed by atoms with E-state index in [0.29, 0.717) is 5.92 Å². The third-order valence-electron chi connectivity index (χ3n) is 1.54. The molecular weight excluding hydrogens is 231 g/mol. The number of rotatable bonds is 4. The summed E-state index contributed by atoms with van der Waals surface area (Å²) in [6.45, 7) is 8.42. The molecule has 0 saturated carbocycles. The summed E-state index contributed by atoms with van der Waals surface area (Å²) < 4.78 is 8.48. The van der Waals surface area contributed by atoms with Gasteiger partial charge in [-0.05, 0) is 0 Å². The third kappa shape index (κ3) is 32.6. The van der Waals surface area contributed by atoms with Gasteiger partial charge < -0.3 is 16.7 Å². The van der Waals surface area contributed by atoms with Gasteiger partial charge in [-0.2, -0.15) is 5.92 Å². The van der Waals surface area contributed by atoms with Crippen molar-refractivity contribution >= 4 is 8.25 Å². The van der Waals surface area contributed by atoms with E-state index in [-0.39, 0.29) is 17.1 Å². The summed E-state index contributed by atoms with van der Waals surface area (Å²) in [7, 11) is -3.37. The first-order chi connectivity index (χ1) is 5.54. The molecule has 79 valence electrons. The molecule has 0 amide bonds. The summed E-state index contributed by atoms with van der Waals surface area (Å²) in [4.78, 5) is 17.0. The van der Waals surface area contributed by atoms with Gasteiger partial charge in [-0.3, -0.25) is 0 Å². The Morgan fingerprint density at radius 2 is 1.77 bits per heavy atom. The predicted molar refractivity (Wildman–Crippen MR) is 46.3 cm³/mol. The molecule has 0 saturated heterocycles. The largest absolute Gasteiger partial charge is 3.00 e. The molecule has 1 atom stereocenters. The van der Waals surface area contributed by atoms with Gasteiger partial charge in [0.05, 0.1) is 0 Å². The Bertz CT molecular complexity index is 108. The van der Waals surface area contributed by atoms with E-state index >= 15 is 0 Å². The second-order valence-corrected chi connectivity index (χ2v) is 3.09. The zero-order chi connectivity index (χ0) is 9.98. The van der Waals surface area contributed by atoms with Crippen molar-refractivity contribution in [3.05, 3.63) is 6.92 Å². The van der Waals surface area contributed by atoms with Crippen LogP contribution < -0.4 is 9.79 Å². The van der Waals surface area contributed by atoms with Gasteiger partial charge in [-0.15, -0.1) is 0 Å². The summed E-state index contributed by atoms with van der Waals surface area (Å²) in [5, 5.41) is 0. The second-order valence-electron chi connectivity index (χ2n) is 2.64. The van der Waals surface area contributed by atoms with Crippen molar-refractivity contribution in [3.8, 4) is 0 Å². The van der Waals surface area contributed by atoms with Crippen LogP contribution in [0.3, 0.4) is 0 Å². The maximum Gasteiger partial charge on any atom is 3.00 e. The summed E-state index contributed by atoms with van der Waals surface area (Å²) in [5.74, 6) is 0.704. The summed E-state index contributed by atoms with van der Waals surface area (Å²) >= 11 is 0. The molecule has 0 aliphatic carbocycles. The average Bonchev–Trinajstić information content (AvgIpc) is 1.99. The number of hydrogen-bond acceptors (Lipinski definition) is 3. The molecule has 5 heteroatoms. The first-order valence-electron chi connectivity index (χ1n) is 4.19. The van der Waals surface area contributed by atoms with E-state index in [0.717, 1.165) is 0 Å². The molecule has 0 bridgehead atoms. The Hall–Kier alpha value is 0.539. The first-order valence-corrected chi connectivity index (χ1v) is 5.28. The van der Waals surface area contributed by atoms with E-state index in [1.165, 1.54) is 25.7 Å². The Morgan fingerprint density at radius 1 is 1.38 bits per heavy atom. The summed E-state index contributed by atoms with van der Waals surface area (Å²) in [6, 6.07) is 0. The van der Waals surface area contributed by atoms with E-state index in [4.69, 9.17) is 14.4 Å². The summed E-state index contributed by atoms with van der Waals surface area (Å²) in [6.07, 6.45) is 5.21. The van der Waals surface area contributed by atoms with Crippen molar-refractivity contribution in [1.82, 2.24) is 0 Å². The second kappa shape index (κ2) is 15.0. The summed E-state index contributed by atoms with van der Waals surface area (Å²) in [5.41, 5.74) is 0. The van der Waals surface area contributed by atoms with Gasteiger partial charge in [0.2, 0.25) is 0 Å². The maximum atomic E-state index is 8.48. The maximum absolute atomic E-state index is 8.48. The van der Waals surface area contributed by atoms with Gasteiger partial charge in [0.25, 0.3) is 8.25 Å². The van der Waals surface area contributed by atoms with Crippen LogP contribution in [0.2, 0.25) is 0 Å². The van der Waals surface area contributed by atoms with Gasteiger partial charge in [-0.25, -0.2) is 0 Å². The first kappa shape index (κ1) is 19.2. The Morgan fingerprint density at radius 3 is 2.00 bits per heavy atom. The van der Waals surface area contributed by atoms with E-state index < -0.39 is 8.25 Å². The smallest absolute Gasteiger partial charge is 0.598 e. The monoisotopic (exact) mass is 248 g/mol. The molecule has 0 aromatic carbocycles. The zero-order valence-corrected chi connectivity index (χ0v) is 10.1. The topological polar surface area (TPSA) is 63.2 Å². The Balaban J connectivity index is -0.000000173. The van der Waals surface area contributed by atoms with Crippen LogP contribution in [0.5, 0.6) is 0 Å². The molecule has 3 nitrogen and oxygen atoms in total. The fourth-order valence-electron chi connectivity index (χ4n) is 0.697. The van der Waals surface area contributed by atoms with Gasteiger partial charge in [0.15, 0.2) is 0 Å². The number of unbranched alkanes of at least 4 members (excludes halogenated alkanes) is 1. The van der Waals surface area contributed by atoms with Crippen LogP contribution in [0.4, 0.5) is 0 Å². The minimum absolute atomic E-state index is 0. The van der Waals surface area contributed by atoms with Gasteiger partial charge >= 0.3 is 17.1 Å². The SMILES string of the molecule is O=[P+]([O-])[O-].[CH2-]C(CC)CCCC.[Fe+3]. The number of hydrogen-bond donors (Lipinski definition) is 0. The molecular formula is C8H17FeO3P+. The minimum atomic E-state index is -3.37. The van der Waals surface area contributed by atoms with Crippen LogP contribution in [-0.4, -0.2) is 0 Å². The molecule has 0 rings (SSSR count). The molecule has 1 unspecified atom stereocenters. The molecule has 0 aromatic rings. The average molecular weight is 248 g/mol. The fraction of sp³-hybridized carbons (Fsp3) is 0.875. The minimum Gasteiger partial charge on any atom is -0.598 e. The van der Waals surface area contributed by atoms with Crippen LogP contribution >= 0.6 is 8.25 Å². The van der Waals surface area contributed by atoms with Crippen LogP contribution in [0.25, 0.3) is 0 Å². The van der Waals surface area contributed by atoms with Gasteiger partial charge in [0.1, 0.15) is 0 Å². The molecule has 0 aliphatic rings. The van der Waals surface area contributed by atoms with Crippen molar-refractivity contribution in [1.29, 1.82) is 0 Å². The normalized spacial score (nSPS) is 10.5. The van der Waals surface area contributed by atoms with Crippen molar-refractivity contribution < 1.29 is 31.4 Å². The van der Waals surface area contributed by atoms with Crippen molar-refractivity contribution in [3.63, 3.8) is 0 Å². The van der Waals surface area contributed by atoms with E-state index in [1.54, 1.807) is 0 Å². The molecule has 0 aliphatic heterocycles.